The van der Waals surface area contributed by atoms with Crippen LogP contribution in [0.1, 0.15) is 11.8 Å². The molecular weight excluding hydrogens is 262 g/mol. The number of hydrogen-bond acceptors (Lipinski definition) is 4. The summed E-state index contributed by atoms with van der Waals surface area (Å²) in [6.45, 7) is 1.54. The van der Waals surface area contributed by atoms with Crippen molar-refractivity contribution in [2.24, 2.45) is 0 Å². The van der Waals surface area contributed by atoms with Gasteiger partial charge in [-0.05, 0) is 19.1 Å². The Kier molecular flexibility index (Phi) is 4.28. The van der Waals surface area contributed by atoms with Crippen molar-refractivity contribution in [3.63, 3.8) is 0 Å². The number of sulfonamides is 1. The Morgan fingerprint density at radius 2 is 2.29 bits per heavy atom. The Bertz CT molecular complexity index is 553. The van der Waals surface area contributed by atoms with E-state index < -0.39 is 22.0 Å². The van der Waals surface area contributed by atoms with Gasteiger partial charge in [-0.3, -0.25) is 4.79 Å². The van der Waals surface area contributed by atoms with Crippen LogP contribution in [0.2, 0.25) is 0 Å². The topological polar surface area (TPSA) is 83.5 Å². The molecule has 0 aliphatic heterocycles. The van der Waals surface area contributed by atoms with Crippen LogP contribution in [-0.2, 0) is 21.2 Å². The molecule has 0 spiro atoms. The SMILES string of the molecule is C#CC(C)NS(=O)(=O)c1ccc(CC(=O)O)s1. The van der Waals surface area contributed by atoms with Gasteiger partial charge in [-0.15, -0.1) is 17.8 Å². The number of terminal acetylenes is 1. The normalized spacial score (nSPS) is 12.9. The molecule has 0 amide bonds. The zero-order valence-corrected chi connectivity index (χ0v) is 10.6. The molecular formula is C10H11NO4S2. The van der Waals surface area contributed by atoms with Gasteiger partial charge in [0.1, 0.15) is 4.21 Å². The van der Waals surface area contributed by atoms with Crippen molar-refractivity contribution in [1.29, 1.82) is 0 Å². The number of carboxylic acid groups (broad SMARTS) is 1. The summed E-state index contributed by atoms with van der Waals surface area (Å²) in [5.41, 5.74) is 0. The van der Waals surface area contributed by atoms with Gasteiger partial charge in [0.15, 0.2) is 0 Å². The molecule has 5 nitrogen and oxygen atoms in total. The van der Waals surface area contributed by atoms with Gasteiger partial charge in [0.2, 0.25) is 0 Å². The molecule has 0 fully saturated rings. The summed E-state index contributed by atoms with van der Waals surface area (Å²) in [6, 6.07) is 2.24. The molecule has 7 heteroatoms. The molecule has 1 atom stereocenters. The van der Waals surface area contributed by atoms with E-state index in [-0.39, 0.29) is 10.6 Å². The van der Waals surface area contributed by atoms with E-state index in [1.165, 1.54) is 12.1 Å². The number of rotatable bonds is 5. The molecule has 2 N–H and O–H groups in total. The summed E-state index contributed by atoms with van der Waals surface area (Å²) < 4.78 is 25.9. The molecule has 1 aromatic rings. The first-order valence-electron chi connectivity index (χ1n) is 4.64. The number of hydrogen-bond donors (Lipinski definition) is 2. The Morgan fingerprint density at radius 1 is 1.65 bits per heavy atom. The lowest BCUT2D eigenvalue weighted by molar-refractivity contribution is -0.136. The highest BCUT2D eigenvalue weighted by atomic mass is 32.2. The summed E-state index contributed by atoms with van der Waals surface area (Å²) >= 11 is 0.921. The fourth-order valence-electron chi connectivity index (χ4n) is 1.07. The van der Waals surface area contributed by atoms with E-state index in [2.05, 4.69) is 10.6 Å². The minimum Gasteiger partial charge on any atom is -0.481 e. The highest BCUT2D eigenvalue weighted by Gasteiger charge is 2.19. The van der Waals surface area contributed by atoms with Crippen molar-refractivity contribution >= 4 is 27.3 Å². The molecule has 1 heterocycles. The third-order valence-corrected chi connectivity index (χ3v) is 4.93. The van der Waals surface area contributed by atoms with E-state index in [0.717, 1.165) is 11.3 Å². The van der Waals surface area contributed by atoms with E-state index in [9.17, 15) is 13.2 Å². The maximum atomic E-state index is 11.8. The van der Waals surface area contributed by atoms with Gasteiger partial charge in [-0.2, -0.15) is 4.72 Å². The smallest absolute Gasteiger partial charge is 0.308 e. The van der Waals surface area contributed by atoms with Gasteiger partial charge in [-0.1, -0.05) is 5.92 Å². The third-order valence-electron chi connectivity index (χ3n) is 1.81. The van der Waals surface area contributed by atoms with Crippen molar-refractivity contribution in [3.8, 4) is 12.3 Å². The summed E-state index contributed by atoms with van der Waals surface area (Å²) in [4.78, 5) is 10.9. The van der Waals surface area contributed by atoms with Crippen LogP contribution >= 0.6 is 11.3 Å². The first-order valence-corrected chi connectivity index (χ1v) is 6.94. The summed E-state index contributed by atoms with van der Waals surface area (Å²) in [5.74, 6) is 1.25. The summed E-state index contributed by atoms with van der Waals surface area (Å²) in [6.07, 6.45) is 4.89. The first-order chi connectivity index (χ1) is 7.85. The van der Waals surface area contributed by atoms with Crippen molar-refractivity contribution in [1.82, 2.24) is 4.72 Å². The van der Waals surface area contributed by atoms with Crippen molar-refractivity contribution in [3.05, 3.63) is 17.0 Å². The van der Waals surface area contributed by atoms with Crippen LogP contribution in [0.4, 0.5) is 0 Å². The predicted molar refractivity (Wildman–Crippen MR) is 64.3 cm³/mol. The van der Waals surface area contributed by atoms with E-state index in [1.807, 2.05) is 0 Å². The van der Waals surface area contributed by atoms with E-state index in [4.69, 9.17) is 11.5 Å². The van der Waals surface area contributed by atoms with Crippen LogP contribution in [-0.4, -0.2) is 25.5 Å². The van der Waals surface area contributed by atoms with Gasteiger partial charge >= 0.3 is 5.97 Å². The zero-order chi connectivity index (χ0) is 13.1. The van der Waals surface area contributed by atoms with Crippen LogP contribution < -0.4 is 4.72 Å². The second kappa shape index (κ2) is 5.31. The quantitative estimate of drug-likeness (QED) is 0.773. The van der Waals surface area contributed by atoms with Crippen LogP contribution in [0.25, 0.3) is 0 Å². The van der Waals surface area contributed by atoms with Crippen molar-refractivity contribution < 1.29 is 18.3 Å². The average Bonchev–Trinajstić information content (AvgIpc) is 2.65. The van der Waals surface area contributed by atoms with Gasteiger partial charge in [0, 0.05) is 4.88 Å². The molecule has 0 saturated carbocycles. The second-order valence-corrected chi connectivity index (χ2v) is 6.41. The fourth-order valence-corrected chi connectivity index (χ4v) is 3.60. The minimum absolute atomic E-state index is 0.0656. The number of thiophene rings is 1. The van der Waals surface area contributed by atoms with Crippen LogP contribution in [0.15, 0.2) is 16.3 Å². The Hall–Kier alpha value is -1.36. The third kappa shape index (κ3) is 3.85. The molecule has 0 aliphatic carbocycles. The number of nitrogens with one attached hydrogen (secondary N) is 1. The van der Waals surface area contributed by atoms with Crippen LogP contribution in [0.5, 0.6) is 0 Å². The van der Waals surface area contributed by atoms with Gasteiger partial charge in [-0.25, -0.2) is 8.42 Å². The molecule has 0 radical (unpaired) electrons. The maximum Gasteiger partial charge on any atom is 0.308 e. The van der Waals surface area contributed by atoms with Gasteiger partial charge < -0.3 is 5.11 Å². The molecule has 1 aromatic heterocycles. The fraction of sp³-hybridized carbons (Fsp3) is 0.300. The lowest BCUT2D eigenvalue weighted by atomic mass is 10.3. The van der Waals surface area contributed by atoms with Crippen molar-refractivity contribution in [2.75, 3.05) is 0 Å². The van der Waals surface area contributed by atoms with E-state index >= 15 is 0 Å². The number of carbonyl (C=O) groups is 1. The Morgan fingerprint density at radius 3 is 2.82 bits per heavy atom. The lowest BCUT2D eigenvalue weighted by Gasteiger charge is -2.06. The molecule has 0 saturated heterocycles. The Balaban J connectivity index is 2.90. The molecule has 0 bridgehead atoms. The standard InChI is InChI=1S/C10H11NO4S2/c1-3-7(2)11-17(14,15)10-5-4-8(16-10)6-9(12)13/h1,4-5,7,11H,6H2,2H3,(H,12,13). The minimum atomic E-state index is -3.65. The monoisotopic (exact) mass is 273 g/mol. The molecule has 17 heavy (non-hydrogen) atoms. The second-order valence-electron chi connectivity index (χ2n) is 3.30. The van der Waals surface area contributed by atoms with E-state index in [1.54, 1.807) is 6.92 Å². The van der Waals surface area contributed by atoms with Crippen LogP contribution in [0, 0.1) is 12.3 Å². The number of carboxylic acids is 1. The average molecular weight is 273 g/mol. The molecule has 1 rings (SSSR count). The summed E-state index contributed by atoms with van der Waals surface area (Å²) in [7, 11) is -3.65. The molecule has 0 aliphatic rings. The predicted octanol–water partition coefficient (Wildman–Crippen LogP) is 0.675. The van der Waals surface area contributed by atoms with E-state index in [0.29, 0.717) is 4.88 Å². The lowest BCUT2D eigenvalue weighted by Crippen LogP contribution is -2.30. The molecule has 92 valence electrons. The highest BCUT2D eigenvalue weighted by Crippen LogP contribution is 2.22. The zero-order valence-electron chi connectivity index (χ0n) is 9.00. The molecule has 1 unspecified atom stereocenters. The van der Waals surface area contributed by atoms with Crippen LogP contribution in [0.3, 0.4) is 0 Å². The Labute approximate surface area is 104 Å². The van der Waals surface area contributed by atoms with Crippen molar-refractivity contribution in [2.45, 2.75) is 23.6 Å². The van der Waals surface area contributed by atoms with Gasteiger partial charge in [0.25, 0.3) is 10.0 Å². The van der Waals surface area contributed by atoms with Gasteiger partial charge in [0.05, 0.1) is 12.5 Å². The maximum absolute atomic E-state index is 11.8. The largest absolute Gasteiger partial charge is 0.481 e. The molecule has 0 aromatic carbocycles. The highest BCUT2D eigenvalue weighted by molar-refractivity contribution is 7.91. The first kappa shape index (κ1) is 13.7. The number of aliphatic carboxylic acids is 1. The summed E-state index contributed by atoms with van der Waals surface area (Å²) in [5, 5.41) is 8.58.